The van der Waals surface area contributed by atoms with Crippen molar-refractivity contribution in [2.45, 2.75) is 38.6 Å². The van der Waals surface area contributed by atoms with Crippen molar-refractivity contribution in [3.63, 3.8) is 0 Å². The minimum Gasteiger partial charge on any atom is -0.469 e. The summed E-state index contributed by atoms with van der Waals surface area (Å²) in [5.41, 5.74) is 2.07. The molecule has 22 heavy (non-hydrogen) atoms. The lowest BCUT2D eigenvalue weighted by Gasteiger charge is -2.23. The second-order valence-electron chi connectivity index (χ2n) is 5.73. The number of nitrogens with one attached hydrogen (secondary N) is 1. The molecule has 118 valence electrons. The molecule has 1 aliphatic carbocycles. The molecular weight excluding hydrogens is 278 g/mol. The zero-order valence-corrected chi connectivity index (χ0v) is 13.2. The lowest BCUT2D eigenvalue weighted by molar-refractivity contribution is -0.141. The lowest BCUT2D eigenvalue weighted by Crippen LogP contribution is -2.35. The first kappa shape index (κ1) is 16.3. The number of hydrogen-bond acceptors (Lipinski definition) is 3. The molecule has 0 saturated carbocycles. The van der Waals surface area contributed by atoms with E-state index in [1.165, 1.54) is 7.11 Å². The molecule has 0 saturated heterocycles. The quantitative estimate of drug-likeness (QED) is 0.671. The maximum Gasteiger partial charge on any atom is 0.307 e. The molecule has 4 heteroatoms. The molecule has 0 aliphatic heterocycles. The van der Waals surface area contributed by atoms with Crippen molar-refractivity contribution in [1.82, 2.24) is 5.32 Å². The van der Waals surface area contributed by atoms with E-state index in [4.69, 9.17) is 4.74 Å². The van der Waals surface area contributed by atoms with Crippen LogP contribution < -0.4 is 5.32 Å². The summed E-state index contributed by atoms with van der Waals surface area (Å²) in [6, 6.07) is 7.52. The topological polar surface area (TPSA) is 55.4 Å². The van der Waals surface area contributed by atoms with Gasteiger partial charge in [-0.25, -0.2) is 0 Å². The number of benzene rings is 1. The van der Waals surface area contributed by atoms with Crippen molar-refractivity contribution < 1.29 is 14.3 Å². The number of carbonyl (C=O) groups is 2. The van der Waals surface area contributed by atoms with Gasteiger partial charge >= 0.3 is 5.97 Å². The second kappa shape index (κ2) is 7.78. The third-order valence-electron chi connectivity index (χ3n) is 4.03. The highest BCUT2D eigenvalue weighted by Crippen LogP contribution is 2.22. The number of carbonyl (C=O) groups excluding carboxylic acids is 2. The number of allylic oxidation sites excluding steroid dienone is 2. The van der Waals surface area contributed by atoms with Gasteiger partial charge < -0.3 is 10.1 Å². The number of rotatable bonds is 5. The fourth-order valence-electron chi connectivity index (χ4n) is 2.62. The molecule has 1 aromatic rings. The van der Waals surface area contributed by atoms with E-state index in [0.29, 0.717) is 0 Å². The van der Waals surface area contributed by atoms with Crippen LogP contribution in [0.15, 0.2) is 36.4 Å². The molecule has 2 atom stereocenters. The first-order chi connectivity index (χ1) is 10.6. The Morgan fingerprint density at radius 2 is 2.00 bits per heavy atom. The summed E-state index contributed by atoms with van der Waals surface area (Å²) < 4.78 is 4.75. The first-order valence-electron chi connectivity index (χ1n) is 7.69. The van der Waals surface area contributed by atoms with Gasteiger partial charge in [0.15, 0.2) is 0 Å². The number of aryl methyl sites for hydroxylation is 1. The number of esters is 1. The van der Waals surface area contributed by atoms with Crippen molar-refractivity contribution in [1.29, 1.82) is 0 Å². The normalized spacial score (nSPS) is 18.5. The maximum atomic E-state index is 12.4. The van der Waals surface area contributed by atoms with Crippen molar-refractivity contribution in [2.75, 3.05) is 7.11 Å². The zero-order valence-electron chi connectivity index (χ0n) is 13.2. The van der Waals surface area contributed by atoms with Crippen molar-refractivity contribution in [3.8, 4) is 0 Å². The molecule has 0 fully saturated rings. The highest BCUT2D eigenvalue weighted by atomic mass is 16.5. The average molecular weight is 301 g/mol. The molecule has 4 nitrogen and oxygen atoms in total. The minimum atomic E-state index is -0.341. The lowest BCUT2D eigenvalue weighted by atomic mass is 9.92. The van der Waals surface area contributed by atoms with Gasteiger partial charge in [0, 0.05) is 5.92 Å². The predicted molar refractivity (Wildman–Crippen MR) is 85.2 cm³/mol. The number of hydrogen-bond donors (Lipinski definition) is 1. The van der Waals surface area contributed by atoms with E-state index in [-0.39, 0.29) is 30.3 Å². The van der Waals surface area contributed by atoms with E-state index in [2.05, 4.69) is 17.5 Å². The summed E-state index contributed by atoms with van der Waals surface area (Å²) in [5, 5.41) is 3.01. The summed E-state index contributed by atoms with van der Waals surface area (Å²) in [4.78, 5) is 24.1. The standard InChI is InChI=1S/C18H23NO3/c1-13-8-10-14(11-9-13)16(12-17(20)22-2)19-18(21)15-6-4-3-5-7-15/h3-4,8-11,15-16H,5-7,12H2,1-2H3,(H,19,21)/t15-,16+/m1/s1. The molecule has 1 N–H and O–H groups in total. The second-order valence-corrected chi connectivity index (χ2v) is 5.73. The molecule has 0 bridgehead atoms. The van der Waals surface area contributed by atoms with Crippen LogP contribution in [0.5, 0.6) is 0 Å². The Hall–Kier alpha value is -2.10. The Morgan fingerprint density at radius 3 is 2.59 bits per heavy atom. The first-order valence-corrected chi connectivity index (χ1v) is 7.69. The maximum absolute atomic E-state index is 12.4. The van der Waals surface area contributed by atoms with E-state index in [9.17, 15) is 9.59 Å². The minimum absolute atomic E-state index is 0.00408. The fraction of sp³-hybridized carbons (Fsp3) is 0.444. The van der Waals surface area contributed by atoms with Crippen molar-refractivity contribution in [3.05, 3.63) is 47.5 Å². The van der Waals surface area contributed by atoms with Gasteiger partial charge in [-0.3, -0.25) is 9.59 Å². The van der Waals surface area contributed by atoms with Gasteiger partial charge in [0.05, 0.1) is 19.6 Å². The Morgan fingerprint density at radius 1 is 1.27 bits per heavy atom. The number of ether oxygens (including phenoxy) is 1. The molecule has 0 spiro atoms. The van der Waals surface area contributed by atoms with Crippen LogP contribution in [0.25, 0.3) is 0 Å². The molecule has 1 aliphatic rings. The summed E-state index contributed by atoms with van der Waals surface area (Å²) >= 11 is 0. The van der Waals surface area contributed by atoms with Gasteiger partial charge in [-0.15, -0.1) is 0 Å². The van der Waals surface area contributed by atoms with Crippen LogP contribution in [0.3, 0.4) is 0 Å². The molecule has 1 aromatic carbocycles. The zero-order chi connectivity index (χ0) is 15.9. The Labute approximate surface area is 131 Å². The van der Waals surface area contributed by atoms with Crippen LogP contribution in [-0.4, -0.2) is 19.0 Å². The molecule has 0 heterocycles. The molecule has 2 rings (SSSR count). The summed E-state index contributed by atoms with van der Waals surface area (Å²) in [6.07, 6.45) is 6.87. The SMILES string of the molecule is COC(=O)C[C@H](NC(=O)[C@@H]1CC=CCC1)c1ccc(C)cc1. The highest BCUT2D eigenvalue weighted by molar-refractivity contribution is 5.80. The summed E-state index contributed by atoms with van der Waals surface area (Å²) in [6.45, 7) is 2.01. The van der Waals surface area contributed by atoms with E-state index in [1.807, 2.05) is 31.2 Å². The van der Waals surface area contributed by atoms with Gasteiger partial charge in [-0.05, 0) is 31.7 Å². The third kappa shape index (κ3) is 4.45. The van der Waals surface area contributed by atoms with Gasteiger partial charge in [0.1, 0.15) is 0 Å². The van der Waals surface area contributed by atoms with Crippen LogP contribution in [0.2, 0.25) is 0 Å². The van der Waals surface area contributed by atoms with E-state index in [0.717, 1.165) is 30.4 Å². The monoisotopic (exact) mass is 301 g/mol. The van der Waals surface area contributed by atoms with Crippen LogP contribution in [0.4, 0.5) is 0 Å². The molecule has 0 radical (unpaired) electrons. The van der Waals surface area contributed by atoms with E-state index < -0.39 is 0 Å². The Kier molecular flexibility index (Phi) is 5.75. The van der Waals surface area contributed by atoms with Gasteiger partial charge in [0.25, 0.3) is 0 Å². The summed E-state index contributed by atoms with van der Waals surface area (Å²) in [5.74, 6) is -0.316. The highest BCUT2D eigenvalue weighted by Gasteiger charge is 2.24. The largest absolute Gasteiger partial charge is 0.469 e. The number of methoxy groups -OCH3 is 1. The fourth-order valence-corrected chi connectivity index (χ4v) is 2.62. The number of amides is 1. The predicted octanol–water partition coefficient (Wildman–Crippen LogP) is 3.07. The Balaban J connectivity index is 2.09. The van der Waals surface area contributed by atoms with Gasteiger partial charge in [0.2, 0.25) is 5.91 Å². The van der Waals surface area contributed by atoms with Crippen LogP contribution in [0.1, 0.15) is 42.9 Å². The van der Waals surface area contributed by atoms with Gasteiger partial charge in [-0.1, -0.05) is 42.0 Å². The molecule has 0 aromatic heterocycles. The van der Waals surface area contributed by atoms with E-state index in [1.54, 1.807) is 0 Å². The van der Waals surface area contributed by atoms with Crippen LogP contribution in [-0.2, 0) is 14.3 Å². The van der Waals surface area contributed by atoms with Crippen molar-refractivity contribution >= 4 is 11.9 Å². The average Bonchev–Trinajstić information content (AvgIpc) is 2.55. The van der Waals surface area contributed by atoms with Crippen molar-refractivity contribution in [2.24, 2.45) is 5.92 Å². The van der Waals surface area contributed by atoms with Crippen LogP contribution in [0, 0.1) is 12.8 Å². The van der Waals surface area contributed by atoms with Crippen LogP contribution >= 0.6 is 0 Å². The van der Waals surface area contributed by atoms with Gasteiger partial charge in [-0.2, -0.15) is 0 Å². The van der Waals surface area contributed by atoms with E-state index >= 15 is 0 Å². The third-order valence-corrected chi connectivity index (χ3v) is 4.03. The molecule has 0 unspecified atom stereocenters. The molecular formula is C18H23NO3. The molecule has 1 amide bonds. The smallest absolute Gasteiger partial charge is 0.307 e. The Bertz CT molecular complexity index is 548. The summed E-state index contributed by atoms with van der Waals surface area (Å²) in [7, 11) is 1.36.